The van der Waals surface area contributed by atoms with Crippen molar-refractivity contribution in [3.8, 4) is 0 Å². The first-order chi connectivity index (χ1) is 13.8. The second-order valence-electron chi connectivity index (χ2n) is 10.6. The molecule has 0 bridgehead atoms. The van der Waals surface area contributed by atoms with E-state index in [1.165, 1.54) is 13.8 Å². The van der Waals surface area contributed by atoms with Crippen molar-refractivity contribution in [2.45, 2.75) is 96.1 Å². The molecule has 6 heteroatoms. The van der Waals surface area contributed by atoms with Crippen LogP contribution >= 0.6 is 0 Å². The number of aliphatic hydroxyl groups excluding tert-OH is 1. The Morgan fingerprint density at radius 3 is 2.45 bits per heavy atom. The summed E-state index contributed by atoms with van der Waals surface area (Å²) in [5, 5.41) is 10.6. The molecule has 1 heterocycles. The first-order valence-corrected chi connectivity index (χ1v) is 11.4. The van der Waals surface area contributed by atoms with Crippen LogP contribution in [0, 0.1) is 28.6 Å². The fourth-order valence-electron chi connectivity index (χ4n) is 8.42. The lowest BCUT2D eigenvalue weighted by Crippen LogP contribution is -2.61. The Morgan fingerprint density at radius 1 is 1.00 bits per heavy atom. The van der Waals surface area contributed by atoms with Crippen LogP contribution < -0.4 is 0 Å². The predicted molar refractivity (Wildman–Crippen MR) is 104 cm³/mol. The van der Waals surface area contributed by atoms with Gasteiger partial charge in [-0.1, -0.05) is 6.92 Å². The van der Waals surface area contributed by atoms with E-state index in [0.29, 0.717) is 17.8 Å². The zero-order valence-corrected chi connectivity index (χ0v) is 17.8. The zero-order chi connectivity index (χ0) is 20.6. The molecule has 29 heavy (non-hydrogen) atoms. The van der Waals surface area contributed by atoms with E-state index in [1.54, 1.807) is 0 Å². The number of epoxide rings is 1. The van der Waals surface area contributed by atoms with Gasteiger partial charge in [0.15, 0.2) is 0 Å². The average Bonchev–Trinajstić information content (AvgIpc) is 3.32. The Kier molecular flexibility index (Phi) is 4.39. The van der Waals surface area contributed by atoms with Gasteiger partial charge in [0.2, 0.25) is 0 Å². The molecule has 0 radical (unpaired) electrons. The monoisotopic (exact) mass is 406 g/mol. The SMILES string of the molecule is CC(=O)O[C@H]1CC[C@@]2(CO)[C@@H](CC[C@@H]3[C@@H]2CC[C@]2(C)[C@@H](OC(C)=O)C[C@@H]4O[C@]432)C1. The van der Waals surface area contributed by atoms with Gasteiger partial charge in [0.05, 0.1) is 6.10 Å². The van der Waals surface area contributed by atoms with E-state index < -0.39 is 0 Å². The van der Waals surface area contributed by atoms with Gasteiger partial charge < -0.3 is 19.3 Å². The molecule has 0 unspecified atom stereocenters. The van der Waals surface area contributed by atoms with E-state index in [4.69, 9.17) is 14.2 Å². The highest BCUT2D eigenvalue weighted by molar-refractivity contribution is 5.66. The van der Waals surface area contributed by atoms with Crippen LogP contribution in [0.4, 0.5) is 0 Å². The van der Waals surface area contributed by atoms with Crippen molar-refractivity contribution >= 4 is 11.9 Å². The predicted octanol–water partition coefficient (Wildman–Crippen LogP) is 3.00. The average molecular weight is 407 g/mol. The highest BCUT2D eigenvalue weighted by Crippen LogP contribution is 2.75. The lowest BCUT2D eigenvalue weighted by molar-refractivity contribution is -0.189. The maximum absolute atomic E-state index is 11.7. The topological polar surface area (TPSA) is 85.4 Å². The molecule has 1 N–H and O–H groups in total. The summed E-state index contributed by atoms with van der Waals surface area (Å²) in [6.45, 7) is 5.45. The van der Waals surface area contributed by atoms with Gasteiger partial charge in [0.25, 0.3) is 0 Å². The molecule has 0 amide bonds. The minimum atomic E-state index is -0.204. The van der Waals surface area contributed by atoms with Crippen LogP contribution in [0.3, 0.4) is 0 Å². The third kappa shape index (κ3) is 2.54. The first-order valence-electron chi connectivity index (χ1n) is 11.4. The Balaban J connectivity index is 1.42. The van der Waals surface area contributed by atoms with Crippen LogP contribution in [0.1, 0.15) is 72.1 Å². The Labute approximate surface area is 172 Å². The van der Waals surface area contributed by atoms with E-state index in [2.05, 4.69) is 6.92 Å². The van der Waals surface area contributed by atoms with E-state index in [0.717, 1.165) is 51.4 Å². The summed E-state index contributed by atoms with van der Waals surface area (Å²) in [5.41, 5.74) is -0.398. The van der Waals surface area contributed by atoms with Crippen molar-refractivity contribution in [3.05, 3.63) is 0 Å². The molecule has 0 aromatic heterocycles. The van der Waals surface area contributed by atoms with Gasteiger partial charge in [0.1, 0.15) is 17.8 Å². The second-order valence-corrected chi connectivity index (χ2v) is 10.6. The van der Waals surface area contributed by atoms with Crippen LogP contribution in [0.15, 0.2) is 0 Å². The number of carbonyl (C=O) groups is 2. The molecule has 4 saturated carbocycles. The summed E-state index contributed by atoms with van der Waals surface area (Å²) in [4.78, 5) is 23.1. The van der Waals surface area contributed by atoms with Gasteiger partial charge in [-0.25, -0.2) is 0 Å². The standard InChI is InChI=1S/C23H34O6/c1-13(25)27-16-6-9-22(12-24)15(10-16)4-5-18-17(22)7-8-21(3)19(28-14(2)26)11-20-23(18,21)29-20/h15-20,24H,4-12H2,1-3H3/t15-,16-,17-,18+,19-,20-,21+,22+,23-/m0/s1. The molecule has 162 valence electrons. The van der Waals surface area contributed by atoms with Crippen molar-refractivity contribution in [1.82, 2.24) is 0 Å². The number of hydrogen-bond acceptors (Lipinski definition) is 6. The number of ether oxygens (including phenoxy) is 3. The van der Waals surface area contributed by atoms with Gasteiger partial charge in [0, 0.05) is 32.3 Å². The summed E-state index contributed by atoms with van der Waals surface area (Å²) < 4.78 is 17.7. The number of rotatable bonds is 3. The third-order valence-corrected chi connectivity index (χ3v) is 9.59. The summed E-state index contributed by atoms with van der Waals surface area (Å²) in [7, 11) is 0. The number of fused-ring (bicyclic) bond motifs is 3. The van der Waals surface area contributed by atoms with Gasteiger partial charge in [-0.15, -0.1) is 0 Å². The largest absolute Gasteiger partial charge is 0.463 e. The first kappa shape index (κ1) is 19.8. The minimum absolute atomic E-state index is 0.00880. The quantitative estimate of drug-likeness (QED) is 0.573. The van der Waals surface area contributed by atoms with Crippen molar-refractivity contribution < 1.29 is 28.9 Å². The summed E-state index contributed by atoms with van der Waals surface area (Å²) in [5.74, 6) is 0.841. The molecule has 5 rings (SSSR count). The van der Waals surface area contributed by atoms with Gasteiger partial charge in [-0.2, -0.15) is 0 Å². The van der Waals surface area contributed by atoms with Crippen molar-refractivity contribution in [2.24, 2.45) is 28.6 Å². The van der Waals surface area contributed by atoms with Crippen molar-refractivity contribution in [3.63, 3.8) is 0 Å². The normalized spacial score (nSPS) is 52.4. The van der Waals surface area contributed by atoms with E-state index >= 15 is 0 Å². The molecule has 5 fully saturated rings. The summed E-state index contributed by atoms with van der Waals surface area (Å²) >= 11 is 0. The molecule has 9 atom stereocenters. The van der Waals surface area contributed by atoms with Gasteiger partial charge >= 0.3 is 11.9 Å². The fourth-order valence-corrected chi connectivity index (χ4v) is 8.42. The maximum atomic E-state index is 11.7. The maximum Gasteiger partial charge on any atom is 0.302 e. The molecule has 0 aromatic rings. The molecule has 0 aromatic carbocycles. The van der Waals surface area contributed by atoms with Gasteiger partial charge in [-0.05, 0) is 68.1 Å². The molecule has 5 aliphatic rings. The Morgan fingerprint density at radius 2 is 1.76 bits per heavy atom. The van der Waals surface area contributed by atoms with E-state index in [9.17, 15) is 14.7 Å². The highest BCUT2D eigenvalue weighted by atomic mass is 16.6. The lowest BCUT2D eigenvalue weighted by atomic mass is 9.44. The second kappa shape index (κ2) is 6.43. The Hall–Kier alpha value is -1.14. The molecule has 6 nitrogen and oxygen atoms in total. The van der Waals surface area contributed by atoms with Crippen LogP contribution in [0.2, 0.25) is 0 Å². The zero-order valence-electron chi connectivity index (χ0n) is 17.8. The van der Waals surface area contributed by atoms with E-state index in [1.807, 2.05) is 0 Å². The molecule has 1 saturated heterocycles. The Bertz CT molecular complexity index is 722. The van der Waals surface area contributed by atoms with Gasteiger partial charge in [-0.3, -0.25) is 9.59 Å². The summed E-state index contributed by atoms with van der Waals surface area (Å²) in [6, 6.07) is 0. The molecule has 1 spiro atoms. The minimum Gasteiger partial charge on any atom is -0.463 e. The molecule has 1 aliphatic heterocycles. The lowest BCUT2D eigenvalue weighted by Gasteiger charge is -2.61. The van der Waals surface area contributed by atoms with Crippen LogP contribution in [0.5, 0.6) is 0 Å². The number of carbonyl (C=O) groups excluding carboxylic acids is 2. The molecular weight excluding hydrogens is 372 g/mol. The number of hydrogen-bond donors (Lipinski definition) is 1. The van der Waals surface area contributed by atoms with Crippen molar-refractivity contribution in [2.75, 3.05) is 6.61 Å². The van der Waals surface area contributed by atoms with Crippen molar-refractivity contribution in [1.29, 1.82) is 0 Å². The van der Waals surface area contributed by atoms with Crippen LogP contribution in [-0.4, -0.2) is 47.6 Å². The molecule has 4 aliphatic carbocycles. The number of esters is 2. The highest BCUT2D eigenvalue weighted by Gasteiger charge is 2.81. The fraction of sp³-hybridized carbons (Fsp3) is 0.913. The number of aliphatic hydroxyl groups is 1. The van der Waals surface area contributed by atoms with Crippen LogP contribution in [-0.2, 0) is 23.8 Å². The molecular formula is C23H34O6. The summed E-state index contributed by atoms with van der Waals surface area (Å²) in [6.07, 6.45) is 7.72. The third-order valence-electron chi connectivity index (χ3n) is 9.59. The van der Waals surface area contributed by atoms with E-state index in [-0.39, 0.29) is 53.3 Å². The smallest absolute Gasteiger partial charge is 0.302 e. The van der Waals surface area contributed by atoms with Crippen LogP contribution in [0.25, 0.3) is 0 Å².